The zero-order valence-electron chi connectivity index (χ0n) is 6.09. The van der Waals surface area contributed by atoms with Gasteiger partial charge in [-0.1, -0.05) is 0 Å². The third-order valence-electron chi connectivity index (χ3n) is 1.48. The summed E-state index contributed by atoms with van der Waals surface area (Å²) in [5, 5.41) is 10.0. The van der Waals surface area contributed by atoms with Crippen LogP contribution in [0, 0.1) is 0 Å². The van der Waals surface area contributed by atoms with E-state index in [1.54, 1.807) is 0 Å². The standard InChI is InChI=1S/C4H6N4O2.CH2O/c9-3-5-1-2(7-3)8-4(10)6-1;1-2/h1-2H,(H2,5,7,9)(H2,6,8,10);1H2. The zero-order chi connectivity index (χ0) is 9.14. The molecule has 66 valence electrons. The van der Waals surface area contributed by atoms with Gasteiger partial charge in [0.1, 0.15) is 19.1 Å². The van der Waals surface area contributed by atoms with E-state index in [4.69, 9.17) is 4.79 Å². The van der Waals surface area contributed by atoms with Crippen molar-refractivity contribution in [3.8, 4) is 0 Å². The molecular weight excluding hydrogens is 164 g/mol. The van der Waals surface area contributed by atoms with Crippen LogP contribution in [0.5, 0.6) is 0 Å². The predicted octanol–water partition coefficient (Wildman–Crippen LogP) is -1.92. The Bertz CT molecular complexity index is 181. The van der Waals surface area contributed by atoms with Gasteiger partial charge in [0.25, 0.3) is 0 Å². The van der Waals surface area contributed by atoms with Gasteiger partial charge in [-0.2, -0.15) is 0 Å². The van der Waals surface area contributed by atoms with Crippen LogP contribution < -0.4 is 21.3 Å². The van der Waals surface area contributed by atoms with Crippen LogP contribution >= 0.6 is 0 Å². The van der Waals surface area contributed by atoms with Gasteiger partial charge in [-0.3, -0.25) is 0 Å². The molecule has 0 saturated carbocycles. The maximum Gasteiger partial charge on any atom is 0.318 e. The van der Waals surface area contributed by atoms with Gasteiger partial charge in [0, 0.05) is 0 Å². The van der Waals surface area contributed by atoms with Crippen LogP contribution in [0.25, 0.3) is 0 Å². The molecule has 0 radical (unpaired) electrons. The van der Waals surface area contributed by atoms with Crippen molar-refractivity contribution in [2.75, 3.05) is 0 Å². The highest BCUT2D eigenvalue weighted by Crippen LogP contribution is 2.00. The summed E-state index contributed by atoms with van der Waals surface area (Å²) in [6, 6.07) is -0.523. The van der Waals surface area contributed by atoms with Gasteiger partial charge in [-0.05, 0) is 0 Å². The lowest BCUT2D eigenvalue weighted by molar-refractivity contribution is -0.0979. The van der Waals surface area contributed by atoms with Gasteiger partial charge in [-0.15, -0.1) is 0 Å². The fourth-order valence-corrected chi connectivity index (χ4v) is 1.05. The van der Waals surface area contributed by atoms with Gasteiger partial charge in [0.15, 0.2) is 0 Å². The van der Waals surface area contributed by atoms with Crippen molar-refractivity contribution in [2.45, 2.75) is 12.3 Å². The van der Waals surface area contributed by atoms with Crippen LogP contribution in [0.4, 0.5) is 9.59 Å². The maximum atomic E-state index is 10.5. The normalized spacial score (nSPS) is 30.0. The fraction of sp³-hybridized carbons (Fsp3) is 0.400. The van der Waals surface area contributed by atoms with Crippen LogP contribution in [0.15, 0.2) is 0 Å². The van der Waals surface area contributed by atoms with E-state index in [-0.39, 0.29) is 24.4 Å². The smallest absolute Gasteiger partial charge is 0.314 e. The number of hydrogen-bond donors (Lipinski definition) is 4. The number of urea groups is 2. The van der Waals surface area contributed by atoms with Crippen molar-refractivity contribution in [1.29, 1.82) is 0 Å². The second-order valence-electron chi connectivity index (χ2n) is 2.19. The lowest BCUT2D eigenvalue weighted by Crippen LogP contribution is -2.39. The van der Waals surface area contributed by atoms with Gasteiger partial charge in [-0.25, -0.2) is 9.59 Å². The third kappa shape index (κ3) is 1.29. The van der Waals surface area contributed by atoms with Crippen molar-refractivity contribution >= 4 is 18.9 Å². The van der Waals surface area contributed by atoms with Crippen molar-refractivity contribution < 1.29 is 14.4 Å². The number of hydrogen-bond acceptors (Lipinski definition) is 3. The quantitative estimate of drug-likeness (QED) is 0.342. The molecule has 0 spiro atoms. The number of amides is 4. The number of nitrogens with one attached hydrogen (secondary N) is 4. The topological polar surface area (TPSA) is 99.3 Å². The SMILES string of the molecule is C=O.O=C1NC2NC(=O)NC2N1. The van der Waals surface area contributed by atoms with E-state index in [0.717, 1.165) is 0 Å². The summed E-state index contributed by atoms with van der Waals surface area (Å²) in [6.07, 6.45) is -0.583. The average Bonchev–Trinajstić information content (AvgIpc) is 2.48. The van der Waals surface area contributed by atoms with Crippen LogP contribution in [0.1, 0.15) is 0 Å². The molecule has 0 bridgehead atoms. The van der Waals surface area contributed by atoms with Crippen molar-refractivity contribution in [3.05, 3.63) is 0 Å². The largest absolute Gasteiger partial charge is 0.318 e. The molecule has 12 heavy (non-hydrogen) atoms. The van der Waals surface area contributed by atoms with Crippen molar-refractivity contribution in [2.24, 2.45) is 0 Å². The molecule has 2 aliphatic rings. The Kier molecular flexibility index (Phi) is 2.13. The van der Waals surface area contributed by atoms with Gasteiger partial charge in [0.2, 0.25) is 0 Å². The van der Waals surface area contributed by atoms with E-state index in [1.807, 2.05) is 6.79 Å². The fourth-order valence-electron chi connectivity index (χ4n) is 1.05. The van der Waals surface area contributed by atoms with Crippen LogP contribution in [0.3, 0.4) is 0 Å². The number of fused-ring (bicyclic) bond motifs is 1. The summed E-state index contributed by atoms with van der Waals surface area (Å²) in [7, 11) is 0. The summed E-state index contributed by atoms with van der Waals surface area (Å²) in [6.45, 7) is 2.00. The molecule has 0 aromatic rings. The molecule has 7 nitrogen and oxygen atoms in total. The number of carbonyl (C=O) groups is 3. The molecule has 0 atom stereocenters. The van der Waals surface area contributed by atoms with Crippen molar-refractivity contribution in [1.82, 2.24) is 21.3 Å². The molecule has 0 unspecified atom stereocenters. The Morgan fingerprint density at radius 1 is 0.833 bits per heavy atom. The molecule has 2 rings (SSSR count). The Labute approximate surface area is 67.9 Å². The van der Waals surface area contributed by atoms with Gasteiger partial charge in [0.05, 0.1) is 0 Å². The zero-order valence-corrected chi connectivity index (χ0v) is 6.09. The summed E-state index contributed by atoms with van der Waals surface area (Å²) in [5.41, 5.74) is 0. The first kappa shape index (κ1) is 8.31. The summed E-state index contributed by atoms with van der Waals surface area (Å²) >= 11 is 0. The molecule has 4 N–H and O–H groups in total. The summed E-state index contributed by atoms with van der Waals surface area (Å²) < 4.78 is 0. The third-order valence-corrected chi connectivity index (χ3v) is 1.48. The highest BCUT2D eigenvalue weighted by atomic mass is 16.2. The molecule has 4 amide bonds. The maximum absolute atomic E-state index is 10.5. The summed E-state index contributed by atoms with van der Waals surface area (Å²) in [5.74, 6) is 0. The number of rotatable bonds is 0. The van der Waals surface area contributed by atoms with E-state index in [0.29, 0.717) is 0 Å². The van der Waals surface area contributed by atoms with E-state index in [9.17, 15) is 9.59 Å². The highest BCUT2D eigenvalue weighted by molar-refractivity contribution is 5.84. The van der Waals surface area contributed by atoms with E-state index >= 15 is 0 Å². The first-order valence-electron chi connectivity index (χ1n) is 3.18. The Hall–Kier alpha value is -1.79. The Morgan fingerprint density at radius 2 is 1.08 bits per heavy atom. The minimum Gasteiger partial charge on any atom is -0.314 e. The first-order valence-corrected chi connectivity index (χ1v) is 3.18. The van der Waals surface area contributed by atoms with E-state index < -0.39 is 0 Å². The van der Waals surface area contributed by atoms with Gasteiger partial charge >= 0.3 is 12.1 Å². The summed E-state index contributed by atoms with van der Waals surface area (Å²) in [4.78, 5) is 29.1. The lowest BCUT2D eigenvalue weighted by atomic mass is 10.4. The minimum atomic E-state index is -0.292. The predicted molar refractivity (Wildman–Crippen MR) is 38.0 cm³/mol. The molecule has 0 aromatic heterocycles. The molecule has 7 heteroatoms. The monoisotopic (exact) mass is 172 g/mol. The van der Waals surface area contributed by atoms with Crippen LogP contribution in [-0.2, 0) is 4.79 Å². The van der Waals surface area contributed by atoms with Crippen LogP contribution in [-0.4, -0.2) is 31.2 Å². The lowest BCUT2D eigenvalue weighted by Gasteiger charge is -2.02. The Balaban J connectivity index is 0.000000336. The Morgan fingerprint density at radius 3 is 1.33 bits per heavy atom. The molecule has 2 fully saturated rings. The second-order valence-corrected chi connectivity index (χ2v) is 2.19. The first-order chi connectivity index (χ1) is 5.75. The second kappa shape index (κ2) is 3.07. The molecule has 0 aromatic carbocycles. The van der Waals surface area contributed by atoms with Crippen molar-refractivity contribution in [3.63, 3.8) is 0 Å². The molecule has 0 aliphatic carbocycles. The molecule has 2 saturated heterocycles. The molecule has 2 heterocycles. The average molecular weight is 172 g/mol. The van der Waals surface area contributed by atoms with Crippen LogP contribution in [0.2, 0.25) is 0 Å². The minimum absolute atomic E-state index is 0.262. The highest BCUT2D eigenvalue weighted by Gasteiger charge is 2.38. The van der Waals surface area contributed by atoms with E-state index in [1.165, 1.54) is 0 Å². The molecule has 2 aliphatic heterocycles. The van der Waals surface area contributed by atoms with Gasteiger partial charge < -0.3 is 26.1 Å². The molecular formula is C5H8N4O3. The number of carbonyl (C=O) groups excluding carboxylic acids is 3. The van der Waals surface area contributed by atoms with E-state index in [2.05, 4.69) is 21.3 Å².